The van der Waals surface area contributed by atoms with E-state index in [1.165, 1.54) is 38.5 Å². The first-order valence-electron chi connectivity index (χ1n) is 6.37. The van der Waals surface area contributed by atoms with Crippen LogP contribution in [-0.4, -0.2) is 24.5 Å². The second-order valence-electron chi connectivity index (χ2n) is 4.88. The zero-order chi connectivity index (χ0) is 10.5. The second-order valence-corrected chi connectivity index (χ2v) is 4.88. The molecule has 16 heavy (non-hydrogen) atoms. The highest BCUT2D eigenvalue weighted by Crippen LogP contribution is 2.18. The largest absolute Gasteiger partial charge is 0.353 e. The molecule has 1 saturated heterocycles. The molecule has 1 atom stereocenters. The molecular formula is C12H23ClN2O. The maximum atomic E-state index is 11.6. The van der Waals surface area contributed by atoms with Crippen LogP contribution in [0.2, 0.25) is 0 Å². The molecule has 0 bridgehead atoms. The van der Waals surface area contributed by atoms with Crippen LogP contribution in [0, 0.1) is 0 Å². The zero-order valence-corrected chi connectivity index (χ0v) is 10.7. The standard InChI is InChI=1S/C12H22N2O.ClH/c15-12(14-11-4-1-2-5-11)8-7-10-6-3-9-13-10;/h10-11,13H,1-9H2,(H,14,15);1H. The maximum Gasteiger partial charge on any atom is 0.220 e. The van der Waals surface area contributed by atoms with Gasteiger partial charge in [0.15, 0.2) is 0 Å². The van der Waals surface area contributed by atoms with Crippen molar-refractivity contribution in [1.29, 1.82) is 0 Å². The fraction of sp³-hybridized carbons (Fsp3) is 0.917. The average molecular weight is 247 g/mol. The van der Waals surface area contributed by atoms with E-state index in [2.05, 4.69) is 10.6 Å². The minimum Gasteiger partial charge on any atom is -0.353 e. The third kappa shape index (κ3) is 4.30. The van der Waals surface area contributed by atoms with Gasteiger partial charge in [-0.1, -0.05) is 12.8 Å². The molecule has 4 heteroatoms. The lowest BCUT2D eigenvalue weighted by Crippen LogP contribution is -2.33. The minimum atomic E-state index is 0. The predicted octanol–water partition coefficient (Wildman–Crippen LogP) is 2.00. The van der Waals surface area contributed by atoms with Gasteiger partial charge in [-0.05, 0) is 38.6 Å². The summed E-state index contributed by atoms with van der Waals surface area (Å²) < 4.78 is 0. The van der Waals surface area contributed by atoms with Gasteiger partial charge < -0.3 is 10.6 Å². The first-order valence-corrected chi connectivity index (χ1v) is 6.37. The summed E-state index contributed by atoms with van der Waals surface area (Å²) in [6, 6.07) is 1.08. The smallest absolute Gasteiger partial charge is 0.220 e. The Hall–Kier alpha value is -0.280. The van der Waals surface area contributed by atoms with Crippen molar-refractivity contribution < 1.29 is 4.79 Å². The summed E-state index contributed by atoms with van der Waals surface area (Å²) in [6.45, 7) is 1.13. The van der Waals surface area contributed by atoms with Crippen LogP contribution in [0.5, 0.6) is 0 Å². The van der Waals surface area contributed by atoms with Crippen LogP contribution < -0.4 is 10.6 Å². The van der Waals surface area contributed by atoms with Crippen LogP contribution >= 0.6 is 12.4 Å². The van der Waals surface area contributed by atoms with Gasteiger partial charge in [0.2, 0.25) is 5.91 Å². The Labute approximate surface area is 104 Å². The number of halogens is 1. The summed E-state index contributed by atoms with van der Waals surface area (Å²) >= 11 is 0. The molecule has 0 aromatic heterocycles. The second kappa shape index (κ2) is 7.13. The van der Waals surface area contributed by atoms with Gasteiger partial charge in [-0.3, -0.25) is 4.79 Å². The quantitative estimate of drug-likeness (QED) is 0.797. The SMILES string of the molecule is Cl.O=C(CCC1CCCN1)NC1CCCC1. The van der Waals surface area contributed by atoms with E-state index >= 15 is 0 Å². The molecule has 1 aliphatic heterocycles. The lowest BCUT2D eigenvalue weighted by atomic mass is 10.1. The van der Waals surface area contributed by atoms with Crippen molar-refractivity contribution in [1.82, 2.24) is 10.6 Å². The first-order chi connectivity index (χ1) is 7.34. The highest BCUT2D eigenvalue weighted by Gasteiger charge is 2.19. The summed E-state index contributed by atoms with van der Waals surface area (Å²) in [5.74, 6) is 0.260. The molecular weight excluding hydrogens is 224 g/mol. The van der Waals surface area contributed by atoms with Crippen molar-refractivity contribution in [3.63, 3.8) is 0 Å². The van der Waals surface area contributed by atoms with Gasteiger partial charge in [0, 0.05) is 18.5 Å². The Morgan fingerprint density at radius 3 is 2.56 bits per heavy atom. The van der Waals surface area contributed by atoms with Crippen molar-refractivity contribution in [3.05, 3.63) is 0 Å². The molecule has 1 saturated carbocycles. The molecule has 0 aromatic carbocycles. The number of nitrogens with one attached hydrogen (secondary N) is 2. The Balaban J connectivity index is 0.00000128. The molecule has 2 aliphatic rings. The van der Waals surface area contributed by atoms with E-state index in [9.17, 15) is 4.79 Å². The molecule has 2 rings (SSSR count). The van der Waals surface area contributed by atoms with Crippen molar-refractivity contribution in [2.75, 3.05) is 6.54 Å². The van der Waals surface area contributed by atoms with Gasteiger partial charge in [-0.2, -0.15) is 0 Å². The van der Waals surface area contributed by atoms with Gasteiger partial charge in [0.25, 0.3) is 0 Å². The van der Waals surface area contributed by atoms with E-state index in [-0.39, 0.29) is 18.3 Å². The van der Waals surface area contributed by atoms with Crippen molar-refractivity contribution in [3.8, 4) is 0 Å². The van der Waals surface area contributed by atoms with Crippen molar-refractivity contribution in [2.24, 2.45) is 0 Å². The van der Waals surface area contributed by atoms with Crippen LogP contribution in [0.1, 0.15) is 51.4 Å². The maximum absolute atomic E-state index is 11.6. The summed E-state index contributed by atoms with van der Waals surface area (Å²) in [5.41, 5.74) is 0. The van der Waals surface area contributed by atoms with Gasteiger partial charge >= 0.3 is 0 Å². The zero-order valence-electron chi connectivity index (χ0n) is 9.84. The molecule has 2 N–H and O–H groups in total. The van der Waals surface area contributed by atoms with E-state index in [1.54, 1.807) is 0 Å². The summed E-state index contributed by atoms with van der Waals surface area (Å²) in [6.07, 6.45) is 9.18. The molecule has 3 nitrogen and oxygen atoms in total. The van der Waals surface area contributed by atoms with Gasteiger partial charge in [-0.15, -0.1) is 12.4 Å². The molecule has 1 amide bonds. The van der Waals surface area contributed by atoms with Crippen LogP contribution in [0.3, 0.4) is 0 Å². The molecule has 1 unspecified atom stereocenters. The van der Waals surface area contributed by atoms with Crippen LogP contribution in [0.25, 0.3) is 0 Å². The van der Waals surface area contributed by atoms with Crippen LogP contribution in [0.15, 0.2) is 0 Å². The molecule has 1 aliphatic carbocycles. The van der Waals surface area contributed by atoms with E-state index in [4.69, 9.17) is 0 Å². The molecule has 94 valence electrons. The Bertz CT molecular complexity index is 211. The number of amides is 1. The molecule has 0 spiro atoms. The third-order valence-electron chi connectivity index (χ3n) is 3.60. The average Bonchev–Trinajstić information content (AvgIpc) is 2.86. The normalized spacial score (nSPS) is 25.4. The summed E-state index contributed by atoms with van der Waals surface area (Å²) in [7, 11) is 0. The Morgan fingerprint density at radius 1 is 1.19 bits per heavy atom. The van der Waals surface area contributed by atoms with Crippen molar-refractivity contribution >= 4 is 18.3 Å². The lowest BCUT2D eigenvalue weighted by molar-refractivity contribution is -0.121. The number of hydrogen-bond acceptors (Lipinski definition) is 2. The topological polar surface area (TPSA) is 41.1 Å². The Morgan fingerprint density at radius 2 is 1.94 bits per heavy atom. The fourth-order valence-corrected chi connectivity index (χ4v) is 2.68. The Kier molecular flexibility index (Phi) is 6.14. The van der Waals surface area contributed by atoms with E-state index in [0.29, 0.717) is 18.5 Å². The van der Waals surface area contributed by atoms with E-state index in [1.807, 2.05) is 0 Å². The van der Waals surface area contributed by atoms with Gasteiger partial charge in [0.1, 0.15) is 0 Å². The third-order valence-corrected chi connectivity index (χ3v) is 3.60. The predicted molar refractivity (Wildman–Crippen MR) is 67.9 cm³/mol. The fourth-order valence-electron chi connectivity index (χ4n) is 2.68. The lowest BCUT2D eigenvalue weighted by Gasteiger charge is -2.13. The number of carbonyl (C=O) groups is 1. The monoisotopic (exact) mass is 246 g/mol. The highest BCUT2D eigenvalue weighted by molar-refractivity contribution is 5.85. The van der Waals surface area contributed by atoms with Crippen LogP contribution in [-0.2, 0) is 4.79 Å². The van der Waals surface area contributed by atoms with Gasteiger partial charge in [-0.25, -0.2) is 0 Å². The number of rotatable bonds is 4. The molecule has 0 aromatic rings. The molecule has 1 heterocycles. The summed E-state index contributed by atoms with van der Waals surface area (Å²) in [5, 5.41) is 6.56. The molecule has 0 radical (unpaired) electrons. The highest BCUT2D eigenvalue weighted by atomic mass is 35.5. The van der Waals surface area contributed by atoms with Gasteiger partial charge in [0.05, 0.1) is 0 Å². The van der Waals surface area contributed by atoms with Crippen molar-refractivity contribution in [2.45, 2.75) is 63.5 Å². The number of hydrogen-bond donors (Lipinski definition) is 2. The number of carbonyl (C=O) groups excluding carboxylic acids is 1. The minimum absolute atomic E-state index is 0. The van der Waals surface area contributed by atoms with Crippen LogP contribution in [0.4, 0.5) is 0 Å². The van der Waals surface area contributed by atoms with E-state index < -0.39 is 0 Å². The van der Waals surface area contributed by atoms with E-state index in [0.717, 1.165) is 13.0 Å². The molecule has 2 fully saturated rings. The first kappa shape index (κ1) is 13.8. The summed E-state index contributed by atoms with van der Waals surface area (Å²) in [4.78, 5) is 11.6.